The SMILES string of the molecule is CC(N)C(=O)c1cc(Br)c2c(c1)OCO2. The normalized spacial score (nSPS) is 15.1. The van der Waals surface area contributed by atoms with E-state index in [1.165, 1.54) is 0 Å². The molecule has 1 aliphatic rings. The van der Waals surface area contributed by atoms with Gasteiger partial charge in [0.25, 0.3) is 0 Å². The summed E-state index contributed by atoms with van der Waals surface area (Å²) in [5, 5.41) is 0. The predicted molar refractivity (Wildman–Crippen MR) is 58.2 cm³/mol. The molecule has 1 atom stereocenters. The molecule has 0 bridgehead atoms. The summed E-state index contributed by atoms with van der Waals surface area (Å²) < 4.78 is 11.1. The molecule has 2 N–H and O–H groups in total. The zero-order valence-electron chi connectivity index (χ0n) is 8.12. The Balaban J connectivity index is 2.44. The molecule has 0 spiro atoms. The standard InChI is InChI=1S/C10H10BrNO3/c1-5(12)9(13)6-2-7(11)10-8(3-6)14-4-15-10/h2-3,5H,4,12H2,1H3. The molecule has 1 unspecified atom stereocenters. The van der Waals surface area contributed by atoms with E-state index in [2.05, 4.69) is 15.9 Å². The Morgan fingerprint density at radius 1 is 1.53 bits per heavy atom. The first-order valence-electron chi connectivity index (χ1n) is 4.48. The summed E-state index contributed by atoms with van der Waals surface area (Å²) in [6, 6.07) is 2.83. The summed E-state index contributed by atoms with van der Waals surface area (Å²) in [4.78, 5) is 11.7. The van der Waals surface area contributed by atoms with Crippen molar-refractivity contribution in [3.63, 3.8) is 0 Å². The number of carbonyl (C=O) groups excluding carboxylic acids is 1. The van der Waals surface area contributed by atoms with Crippen LogP contribution in [0, 0.1) is 0 Å². The molecular formula is C10H10BrNO3. The van der Waals surface area contributed by atoms with Crippen LogP contribution in [0.1, 0.15) is 17.3 Å². The third-order valence-electron chi connectivity index (χ3n) is 2.13. The third kappa shape index (κ3) is 1.85. The first kappa shape index (κ1) is 10.4. The number of benzene rings is 1. The van der Waals surface area contributed by atoms with E-state index in [-0.39, 0.29) is 12.6 Å². The maximum Gasteiger partial charge on any atom is 0.231 e. The van der Waals surface area contributed by atoms with Crippen molar-refractivity contribution in [2.45, 2.75) is 13.0 Å². The molecule has 0 aromatic heterocycles. The molecule has 0 fully saturated rings. The van der Waals surface area contributed by atoms with Crippen molar-refractivity contribution < 1.29 is 14.3 Å². The van der Waals surface area contributed by atoms with Crippen LogP contribution in [-0.2, 0) is 0 Å². The van der Waals surface area contributed by atoms with E-state index in [1.54, 1.807) is 19.1 Å². The van der Waals surface area contributed by atoms with Crippen LogP contribution >= 0.6 is 15.9 Å². The molecule has 5 heteroatoms. The molecule has 15 heavy (non-hydrogen) atoms. The van der Waals surface area contributed by atoms with Gasteiger partial charge >= 0.3 is 0 Å². The first-order chi connectivity index (χ1) is 7.09. The van der Waals surface area contributed by atoms with Crippen LogP contribution in [0.15, 0.2) is 16.6 Å². The van der Waals surface area contributed by atoms with Gasteiger partial charge < -0.3 is 15.2 Å². The van der Waals surface area contributed by atoms with Gasteiger partial charge in [0.05, 0.1) is 10.5 Å². The van der Waals surface area contributed by atoms with E-state index in [4.69, 9.17) is 15.2 Å². The number of rotatable bonds is 2. The second-order valence-corrected chi connectivity index (χ2v) is 4.20. The number of ether oxygens (including phenoxy) is 2. The average molecular weight is 272 g/mol. The summed E-state index contributed by atoms with van der Waals surface area (Å²) in [6.45, 7) is 1.84. The molecule has 4 nitrogen and oxygen atoms in total. The quantitative estimate of drug-likeness (QED) is 0.832. The van der Waals surface area contributed by atoms with Gasteiger partial charge in [-0.25, -0.2) is 0 Å². The van der Waals surface area contributed by atoms with Crippen molar-refractivity contribution >= 4 is 21.7 Å². The van der Waals surface area contributed by atoms with Crippen LogP contribution in [-0.4, -0.2) is 18.6 Å². The minimum Gasteiger partial charge on any atom is -0.454 e. The van der Waals surface area contributed by atoms with Gasteiger partial charge in [0, 0.05) is 5.56 Å². The minimum absolute atomic E-state index is 0.117. The monoisotopic (exact) mass is 271 g/mol. The van der Waals surface area contributed by atoms with Gasteiger partial charge in [-0.05, 0) is 35.0 Å². The zero-order chi connectivity index (χ0) is 11.0. The van der Waals surface area contributed by atoms with Crippen molar-refractivity contribution in [2.75, 3.05) is 6.79 Å². The van der Waals surface area contributed by atoms with E-state index in [9.17, 15) is 4.79 Å². The number of Topliss-reactive ketones (excluding diaryl/α,β-unsaturated/α-hetero) is 1. The summed E-state index contributed by atoms with van der Waals surface area (Å²) in [6.07, 6.45) is 0. The summed E-state index contributed by atoms with van der Waals surface area (Å²) in [7, 11) is 0. The van der Waals surface area contributed by atoms with E-state index >= 15 is 0 Å². The summed E-state index contributed by atoms with van der Waals surface area (Å²) in [5.74, 6) is 1.10. The number of carbonyl (C=O) groups is 1. The highest BCUT2D eigenvalue weighted by atomic mass is 79.9. The fourth-order valence-corrected chi connectivity index (χ4v) is 1.93. The zero-order valence-corrected chi connectivity index (χ0v) is 9.71. The summed E-state index contributed by atoms with van der Waals surface area (Å²) in [5.41, 5.74) is 6.06. The smallest absolute Gasteiger partial charge is 0.231 e. The Hall–Kier alpha value is -1.07. The molecule has 2 rings (SSSR count). The van der Waals surface area contributed by atoms with E-state index in [0.29, 0.717) is 21.5 Å². The average Bonchev–Trinajstić information content (AvgIpc) is 2.64. The highest BCUT2D eigenvalue weighted by Crippen LogP contribution is 2.40. The van der Waals surface area contributed by atoms with E-state index < -0.39 is 6.04 Å². The molecule has 1 aromatic rings. The van der Waals surface area contributed by atoms with Crippen molar-refractivity contribution in [2.24, 2.45) is 5.73 Å². The lowest BCUT2D eigenvalue weighted by molar-refractivity contribution is 0.0967. The van der Waals surface area contributed by atoms with Gasteiger partial charge in [-0.15, -0.1) is 0 Å². The lowest BCUT2D eigenvalue weighted by Gasteiger charge is -2.06. The largest absolute Gasteiger partial charge is 0.454 e. The Bertz CT molecular complexity index is 417. The second-order valence-electron chi connectivity index (χ2n) is 3.34. The lowest BCUT2D eigenvalue weighted by Crippen LogP contribution is -2.26. The molecule has 1 heterocycles. The number of ketones is 1. The third-order valence-corrected chi connectivity index (χ3v) is 2.71. The van der Waals surface area contributed by atoms with Crippen LogP contribution in [0.5, 0.6) is 11.5 Å². The van der Waals surface area contributed by atoms with Crippen LogP contribution in [0.25, 0.3) is 0 Å². The molecule has 1 aliphatic heterocycles. The van der Waals surface area contributed by atoms with Gasteiger partial charge in [-0.3, -0.25) is 4.79 Å². The Morgan fingerprint density at radius 2 is 2.27 bits per heavy atom. The molecule has 1 aromatic carbocycles. The highest BCUT2D eigenvalue weighted by molar-refractivity contribution is 9.10. The van der Waals surface area contributed by atoms with E-state index in [1.807, 2.05) is 0 Å². The highest BCUT2D eigenvalue weighted by Gasteiger charge is 2.21. The number of hydrogen-bond donors (Lipinski definition) is 1. The molecular weight excluding hydrogens is 262 g/mol. The first-order valence-corrected chi connectivity index (χ1v) is 5.28. The molecule has 0 saturated heterocycles. The Labute approximate surface area is 95.5 Å². The van der Waals surface area contributed by atoms with Crippen molar-refractivity contribution in [3.05, 3.63) is 22.2 Å². The van der Waals surface area contributed by atoms with Gasteiger partial charge in [-0.2, -0.15) is 0 Å². The van der Waals surface area contributed by atoms with Gasteiger partial charge in [0.2, 0.25) is 6.79 Å². The number of fused-ring (bicyclic) bond motifs is 1. The second kappa shape index (κ2) is 3.83. The fourth-order valence-electron chi connectivity index (χ4n) is 1.37. The minimum atomic E-state index is -0.516. The molecule has 0 saturated carbocycles. The van der Waals surface area contributed by atoms with Gasteiger partial charge in [0.1, 0.15) is 0 Å². The summed E-state index contributed by atoms with van der Waals surface area (Å²) >= 11 is 3.32. The number of nitrogens with two attached hydrogens (primary N) is 1. The Morgan fingerprint density at radius 3 is 2.93 bits per heavy atom. The van der Waals surface area contributed by atoms with Crippen molar-refractivity contribution in [1.82, 2.24) is 0 Å². The maximum absolute atomic E-state index is 11.7. The molecule has 0 amide bonds. The van der Waals surface area contributed by atoms with Crippen LogP contribution < -0.4 is 15.2 Å². The Kier molecular flexibility index (Phi) is 2.67. The lowest BCUT2D eigenvalue weighted by atomic mass is 10.1. The number of halogens is 1. The topological polar surface area (TPSA) is 61.6 Å². The van der Waals surface area contributed by atoms with Crippen molar-refractivity contribution in [1.29, 1.82) is 0 Å². The van der Waals surface area contributed by atoms with Crippen LogP contribution in [0.4, 0.5) is 0 Å². The molecule has 80 valence electrons. The number of hydrogen-bond acceptors (Lipinski definition) is 4. The molecule has 0 radical (unpaired) electrons. The van der Waals surface area contributed by atoms with Crippen LogP contribution in [0.3, 0.4) is 0 Å². The van der Waals surface area contributed by atoms with E-state index in [0.717, 1.165) is 0 Å². The van der Waals surface area contributed by atoms with Gasteiger partial charge in [-0.1, -0.05) is 0 Å². The predicted octanol–water partition coefficient (Wildman–Crippen LogP) is 1.71. The van der Waals surface area contributed by atoms with Gasteiger partial charge in [0.15, 0.2) is 17.3 Å². The van der Waals surface area contributed by atoms with Crippen LogP contribution in [0.2, 0.25) is 0 Å². The molecule has 0 aliphatic carbocycles. The van der Waals surface area contributed by atoms with Crippen molar-refractivity contribution in [3.8, 4) is 11.5 Å². The fraction of sp³-hybridized carbons (Fsp3) is 0.300. The maximum atomic E-state index is 11.7.